The third-order valence-electron chi connectivity index (χ3n) is 1.76. The van der Waals surface area contributed by atoms with Crippen LogP contribution in [0.2, 0.25) is 0 Å². The van der Waals surface area contributed by atoms with E-state index < -0.39 is 12.1 Å². The summed E-state index contributed by atoms with van der Waals surface area (Å²) in [7, 11) is 0. The van der Waals surface area contributed by atoms with Crippen LogP contribution in [0.3, 0.4) is 0 Å². The zero-order valence-corrected chi connectivity index (χ0v) is 9.00. The number of nitrogens with zero attached hydrogens (tertiary/aromatic N) is 1. The van der Waals surface area contributed by atoms with Crippen LogP contribution in [0.4, 0.5) is 0 Å². The summed E-state index contributed by atoms with van der Waals surface area (Å²) in [6.07, 6.45) is -0.479. The molecule has 5 heteroatoms. The molecule has 0 aliphatic rings. The molecule has 0 saturated carbocycles. The molecule has 1 N–H and O–H groups in total. The van der Waals surface area contributed by atoms with Crippen LogP contribution in [0, 0.1) is 0 Å². The number of hydrogen-bond acceptors (Lipinski definition) is 5. The summed E-state index contributed by atoms with van der Waals surface area (Å²) in [6.45, 7) is 3.92. The average molecular weight is 215 g/mol. The number of hydrogen-bond donors (Lipinski definition) is 1. The molecule has 0 aliphatic heterocycles. The van der Waals surface area contributed by atoms with Gasteiger partial charge in [-0.2, -0.15) is 0 Å². The molecule has 1 atom stereocenters. The van der Waals surface area contributed by atoms with E-state index in [4.69, 9.17) is 4.74 Å². The largest absolute Gasteiger partial charge is 0.464 e. The molecule has 0 fully saturated rings. The van der Waals surface area contributed by atoms with Crippen LogP contribution in [0.1, 0.15) is 30.5 Å². The molecule has 4 nitrogen and oxygen atoms in total. The Labute approximate surface area is 86.6 Å². The van der Waals surface area contributed by atoms with Gasteiger partial charge in [-0.15, -0.1) is 11.3 Å². The maximum Gasteiger partial charge on any atom is 0.341 e. The van der Waals surface area contributed by atoms with E-state index in [0.29, 0.717) is 5.69 Å². The fourth-order valence-electron chi connectivity index (χ4n) is 1.10. The minimum atomic E-state index is -1.24. The molecule has 0 amide bonds. The smallest absolute Gasteiger partial charge is 0.341 e. The Balaban J connectivity index is 2.77. The van der Waals surface area contributed by atoms with Crippen molar-refractivity contribution in [3.63, 3.8) is 0 Å². The molecule has 1 unspecified atom stereocenters. The lowest BCUT2D eigenvalue weighted by atomic mass is 10.2. The Morgan fingerprint density at radius 3 is 3.00 bits per heavy atom. The molecule has 1 aromatic rings. The van der Waals surface area contributed by atoms with Crippen molar-refractivity contribution in [3.05, 3.63) is 16.1 Å². The lowest BCUT2D eigenvalue weighted by Crippen LogP contribution is -2.16. The van der Waals surface area contributed by atoms with Crippen molar-refractivity contribution < 1.29 is 14.6 Å². The molecule has 0 spiro atoms. The molecule has 0 radical (unpaired) electrons. The van der Waals surface area contributed by atoms with Crippen LogP contribution >= 0.6 is 11.3 Å². The second-order valence-electron chi connectivity index (χ2n) is 2.67. The molecule has 0 saturated heterocycles. The quantitative estimate of drug-likeness (QED) is 0.769. The monoisotopic (exact) mass is 215 g/mol. The summed E-state index contributed by atoms with van der Waals surface area (Å²) in [5.74, 6) is -0.631. The van der Waals surface area contributed by atoms with Gasteiger partial charge in [0.1, 0.15) is 0 Å². The van der Waals surface area contributed by atoms with Crippen molar-refractivity contribution in [3.8, 4) is 0 Å². The standard InChI is InChI=1S/C9H13NO3S/c1-3-6-7(10-5-14-6)8(11)9(12)13-4-2/h5,8,11H,3-4H2,1-2H3. The van der Waals surface area contributed by atoms with Gasteiger partial charge in [0, 0.05) is 4.88 Å². The molecule has 1 rings (SSSR count). The SMILES string of the molecule is CCOC(=O)C(O)c1ncsc1CC. The third-order valence-corrected chi connectivity index (χ3v) is 2.76. The Bertz CT molecular complexity index is 311. The van der Waals surface area contributed by atoms with Crippen LogP contribution in [-0.4, -0.2) is 22.7 Å². The van der Waals surface area contributed by atoms with Crippen molar-refractivity contribution in [1.29, 1.82) is 0 Å². The highest BCUT2D eigenvalue weighted by molar-refractivity contribution is 7.09. The summed E-state index contributed by atoms with van der Waals surface area (Å²) in [6, 6.07) is 0. The van der Waals surface area contributed by atoms with Gasteiger partial charge in [-0.05, 0) is 13.3 Å². The van der Waals surface area contributed by atoms with E-state index >= 15 is 0 Å². The van der Waals surface area contributed by atoms with Gasteiger partial charge in [0.15, 0.2) is 6.10 Å². The average Bonchev–Trinajstić information content (AvgIpc) is 2.64. The van der Waals surface area contributed by atoms with Crippen LogP contribution in [0.5, 0.6) is 0 Å². The lowest BCUT2D eigenvalue weighted by Gasteiger charge is -2.08. The number of rotatable bonds is 4. The first kappa shape index (κ1) is 11.1. The van der Waals surface area contributed by atoms with Gasteiger partial charge >= 0.3 is 5.97 Å². The molecular formula is C9H13NO3S. The number of carbonyl (C=O) groups excluding carboxylic acids is 1. The van der Waals surface area contributed by atoms with Crippen LogP contribution in [0.25, 0.3) is 0 Å². The maximum absolute atomic E-state index is 11.2. The van der Waals surface area contributed by atoms with Crippen molar-refractivity contribution in [2.24, 2.45) is 0 Å². The van der Waals surface area contributed by atoms with Crippen LogP contribution in [-0.2, 0) is 16.0 Å². The first-order valence-electron chi connectivity index (χ1n) is 4.47. The van der Waals surface area contributed by atoms with E-state index in [1.165, 1.54) is 11.3 Å². The number of aryl methyl sites for hydroxylation is 1. The van der Waals surface area contributed by atoms with Gasteiger partial charge < -0.3 is 9.84 Å². The zero-order valence-electron chi connectivity index (χ0n) is 8.19. The van der Waals surface area contributed by atoms with E-state index in [2.05, 4.69) is 4.98 Å². The highest BCUT2D eigenvalue weighted by Gasteiger charge is 2.23. The molecule has 0 aliphatic carbocycles. The summed E-state index contributed by atoms with van der Waals surface area (Å²) < 4.78 is 4.70. The van der Waals surface area contributed by atoms with E-state index in [9.17, 15) is 9.90 Å². The molecule has 0 bridgehead atoms. The topological polar surface area (TPSA) is 59.4 Å². The fourth-order valence-corrected chi connectivity index (χ4v) is 1.84. The molecule has 78 valence electrons. The summed E-state index contributed by atoms with van der Waals surface area (Å²) in [5.41, 5.74) is 2.05. The Morgan fingerprint density at radius 1 is 1.71 bits per heavy atom. The predicted octanol–water partition coefficient (Wildman–Crippen LogP) is 1.30. The summed E-state index contributed by atoms with van der Waals surface area (Å²) in [5, 5.41) is 9.59. The minimum Gasteiger partial charge on any atom is -0.464 e. The number of aromatic nitrogens is 1. The van der Waals surface area contributed by atoms with Gasteiger partial charge in [-0.3, -0.25) is 0 Å². The van der Waals surface area contributed by atoms with Gasteiger partial charge in [0.05, 0.1) is 17.8 Å². The van der Waals surface area contributed by atoms with E-state index in [-0.39, 0.29) is 6.61 Å². The summed E-state index contributed by atoms with van der Waals surface area (Å²) >= 11 is 1.43. The number of carbonyl (C=O) groups is 1. The van der Waals surface area contributed by atoms with Gasteiger partial charge in [0.25, 0.3) is 0 Å². The minimum absolute atomic E-state index is 0.265. The van der Waals surface area contributed by atoms with Crippen molar-refractivity contribution in [2.45, 2.75) is 26.4 Å². The van der Waals surface area contributed by atoms with Gasteiger partial charge in [-0.1, -0.05) is 6.92 Å². The zero-order chi connectivity index (χ0) is 10.6. The molecule has 0 aromatic carbocycles. The van der Waals surface area contributed by atoms with E-state index in [1.54, 1.807) is 12.4 Å². The Morgan fingerprint density at radius 2 is 2.43 bits per heavy atom. The maximum atomic E-state index is 11.2. The Kier molecular flexibility index (Phi) is 4.03. The van der Waals surface area contributed by atoms with Crippen LogP contribution in [0.15, 0.2) is 5.51 Å². The van der Waals surface area contributed by atoms with E-state index in [1.807, 2.05) is 6.92 Å². The van der Waals surface area contributed by atoms with E-state index in [0.717, 1.165) is 11.3 Å². The highest BCUT2D eigenvalue weighted by atomic mass is 32.1. The lowest BCUT2D eigenvalue weighted by molar-refractivity contribution is -0.153. The highest BCUT2D eigenvalue weighted by Crippen LogP contribution is 2.21. The number of aliphatic hydroxyl groups excluding tert-OH is 1. The number of thiazole rings is 1. The number of esters is 1. The Hall–Kier alpha value is -0.940. The fraction of sp³-hybridized carbons (Fsp3) is 0.556. The number of ether oxygens (including phenoxy) is 1. The van der Waals surface area contributed by atoms with Crippen LogP contribution < -0.4 is 0 Å². The first-order chi connectivity index (χ1) is 6.70. The molecule has 14 heavy (non-hydrogen) atoms. The second kappa shape index (κ2) is 5.07. The van der Waals surface area contributed by atoms with Gasteiger partial charge in [-0.25, -0.2) is 9.78 Å². The van der Waals surface area contributed by atoms with Crippen molar-refractivity contribution >= 4 is 17.3 Å². The predicted molar refractivity (Wildman–Crippen MR) is 53.1 cm³/mol. The number of aliphatic hydroxyl groups is 1. The van der Waals surface area contributed by atoms with Crippen molar-refractivity contribution in [1.82, 2.24) is 4.98 Å². The van der Waals surface area contributed by atoms with Gasteiger partial charge in [0.2, 0.25) is 0 Å². The molecule has 1 heterocycles. The first-order valence-corrected chi connectivity index (χ1v) is 5.35. The normalized spacial score (nSPS) is 12.5. The second-order valence-corrected chi connectivity index (χ2v) is 3.61. The third kappa shape index (κ3) is 2.30. The van der Waals surface area contributed by atoms with Crippen molar-refractivity contribution in [2.75, 3.05) is 6.61 Å². The molecule has 1 aromatic heterocycles. The summed E-state index contributed by atoms with van der Waals surface area (Å²) in [4.78, 5) is 16.1. The molecular weight excluding hydrogens is 202 g/mol.